The molecule has 0 aromatic heterocycles. The molecule has 0 amide bonds. The molecule has 0 aliphatic carbocycles. The second kappa shape index (κ2) is 2.60. The van der Waals surface area contributed by atoms with Crippen molar-refractivity contribution in [3.05, 3.63) is 10.1 Å². The van der Waals surface area contributed by atoms with Gasteiger partial charge in [-0.25, -0.2) is 10.8 Å². The molecule has 0 radical (unpaired) electrons. The molecule has 0 aromatic rings. The topological polar surface area (TPSA) is 106 Å². The van der Waals surface area contributed by atoms with Crippen LogP contribution in [0, 0.1) is 10.1 Å². The zero-order valence-electron chi connectivity index (χ0n) is 5.38. The van der Waals surface area contributed by atoms with Crippen LogP contribution in [0.25, 0.3) is 0 Å². The molecule has 1 heterocycles. The fraction of sp³-hybridized carbons (Fsp3) is 0.333. The monoisotopic (exact) mass is 159 g/mol. The number of hydroxylamine groups is 1. The molecule has 11 heavy (non-hydrogen) atoms. The maximum absolute atomic E-state index is 10.2. The van der Waals surface area contributed by atoms with E-state index < -0.39 is 11.1 Å². The maximum Gasteiger partial charge on any atom is 0.376 e. The number of hydrazine groups is 1. The van der Waals surface area contributed by atoms with E-state index in [0.717, 1.165) is 0 Å². The highest BCUT2D eigenvalue weighted by Crippen LogP contribution is 2.08. The standard InChI is InChI=1S/C3H5N5O3/c1-5-2-3(8(9)10)7(4)11-6-2/h3H,1,4H2. The number of hydrogen-bond acceptors (Lipinski definition) is 7. The lowest BCUT2D eigenvalue weighted by molar-refractivity contribution is -0.549. The first kappa shape index (κ1) is 7.57. The molecule has 1 rings (SSSR count). The Morgan fingerprint density at radius 1 is 2.00 bits per heavy atom. The largest absolute Gasteiger partial charge is 0.376 e. The summed E-state index contributed by atoms with van der Waals surface area (Å²) >= 11 is 0. The molecular weight excluding hydrogens is 154 g/mol. The number of nitro groups is 1. The highest BCUT2D eigenvalue weighted by Gasteiger charge is 2.40. The van der Waals surface area contributed by atoms with E-state index in [0.29, 0.717) is 5.17 Å². The Hall–Kier alpha value is -1.54. The molecule has 8 nitrogen and oxygen atoms in total. The molecule has 0 aromatic carbocycles. The van der Waals surface area contributed by atoms with Gasteiger partial charge in [-0.15, -0.1) is 0 Å². The number of nitrogens with two attached hydrogens (primary N) is 1. The lowest BCUT2D eigenvalue weighted by atomic mass is 10.5. The smallest absolute Gasteiger partial charge is 0.273 e. The summed E-state index contributed by atoms with van der Waals surface area (Å²) in [5.41, 5.74) is 0. The SMILES string of the molecule is C=NC1=NON(N)C1[N+](=O)[O-]. The molecule has 2 N–H and O–H groups in total. The van der Waals surface area contributed by atoms with Crippen LogP contribution in [-0.2, 0) is 4.94 Å². The average molecular weight is 159 g/mol. The van der Waals surface area contributed by atoms with Gasteiger partial charge in [-0.3, -0.25) is 15.1 Å². The van der Waals surface area contributed by atoms with Crippen LogP contribution in [0.15, 0.2) is 10.1 Å². The van der Waals surface area contributed by atoms with Crippen LogP contribution < -0.4 is 5.84 Å². The van der Waals surface area contributed by atoms with Gasteiger partial charge in [0.15, 0.2) is 0 Å². The van der Waals surface area contributed by atoms with Crippen molar-refractivity contribution in [2.24, 2.45) is 16.0 Å². The van der Waals surface area contributed by atoms with Gasteiger partial charge in [0.05, 0.1) is 4.92 Å². The van der Waals surface area contributed by atoms with Gasteiger partial charge in [-0.05, 0) is 11.9 Å². The van der Waals surface area contributed by atoms with E-state index >= 15 is 0 Å². The predicted octanol–water partition coefficient (Wildman–Crippen LogP) is -1.28. The molecule has 0 saturated carbocycles. The van der Waals surface area contributed by atoms with Crippen molar-refractivity contribution in [3.8, 4) is 0 Å². The molecule has 0 saturated heterocycles. The van der Waals surface area contributed by atoms with E-state index in [2.05, 4.69) is 21.8 Å². The summed E-state index contributed by atoms with van der Waals surface area (Å²) in [6.07, 6.45) is -1.35. The number of rotatable bonds is 1. The van der Waals surface area contributed by atoms with Gasteiger partial charge in [0.25, 0.3) is 5.84 Å². The summed E-state index contributed by atoms with van der Waals surface area (Å²) < 4.78 is 0. The molecule has 1 atom stereocenters. The van der Waals surface area contributed by atoms with Crippen molar-refractivity contribution in [1.29, 1.82) is 0 Å². The summed E-state index contributed by atoms with van der Waals surface area (Å²) in [4.78, 5) is 17.0. The minimum absolute atomic E-state index is 0.155. The minimum atomic E-state index is -1.35. The van der Waals surface area contributed by atoms with Crippen LogP contribution in [-0.4, -0.2) is 28.8 Å². The Kier molecular flexibility index (Phi) is 1.79. The van der Waals surface area contributed by atoms with Crippen LogP contribution in [0.5, 0.6) is 0 Å². The molecule has 1 aliphatic rings. The summed E-state index contributed by atoms with van der Waals surface area (Å²) in [7, 11) is 0. The van der Waals surface area contributed by atoms with Crippen molar-refractivity contribution in [1.82, 2.24) is 5.17 Å². The highest BCUT2D eigenvalue weighted by atomic mass is 16.8. The van der Waals surface area contributed by atoms with Crippen LogP contribution in [0.4, 0.5) is 0 Å². The van der Waals surface area contributed by atoms with Crippen LogP contribution in [0.2, 0.25) is 0 Å². The minimum Gasteiger partial charge on any atom is -0.273 e. The van der Waals surface area contributed by atoms with E-state index in [4.69, 9.17) is 5.84 Å². The average Bonchev–Trinajstić information content (AvgIpc) is 2.30. The van der Waals surface area contributed by atoms with Crippen LogP contribution >= 0.6 is 0 Å². The summed E-state index contributed by atoms with van der Waals surface area (Å²) in [6, 6.07) is 0. The molecule has 8 heteroatoms. The van der Waals surface area contributed by atoms with Gasteiger partial charge in [0.2, 0.25) is 0 Å². The Balaban J connectivity index is 2.82. The zero-order chi connectivity index (χ0) is 8.43. The Morgan fingerprint density at radius 3 is 3.00 bits per heavy atom. The summed E-state index contributed by atoms with van der Waals surface area (Å²) in [5, 5.41) is 13.9. The van der Waals surface area contributed by atoms with Crippen LogP contribution in [0.1, 0.15) is 0 Å². The molecule has 0 fully saturated rings. The number of hydrogen-bond donors (Lipinski definition) is 1. The first-order valence-electron chi connectivity index (χ1n) is 2.56. The van der Waals surface area contributed by atoms with E-state index in [1.807, 2.05) is 0 Å². The summed E-state index contributed by atoms with van der Waals surface area (Å²) in [6.45, 7) is 3.06. The molecular formula is C3H5N5O3. The normalized spacial score (nSPS) is 24.1. The van der Waals surface area contributed by atoms with E-state index in [1.165, 1.54) is 0 Å². The van der Waals surface area contributed by atoms with E-state index in [1.54, 1.807) is 0 Å². The Morgan fingerprint density at radius 2 is 2.64 bits per heavy atom. The fourth-order valence-electron chi connectivity index (χ4n) is 0.592. The lowest BCUT2D eigenvalue weighted by Crippen LogP contribution is -2.44. The van der Waals surface area contributed by atoms with Crippen LogP contribution in [0.3, 0.4) is 0 Å². The number of nitrogens with zero attached hydrogens (tertiary/aromatic N) is 4. The fourth-order valence-corrected chi connectivity index (χ4v) is 0.592. The molecule has 60 valence electrons. The van der Waals surface area contributed by atoms with Crippen molar-refractivity contribution >= 4 is 12.6 Å². The van der Waals surface area contributed by atoms with Crippen molar-refractivity contribution in [2.45, 2.75) is 6.17 Å². The van der Waals surface area contributed by atoms with E-state index in [9.17, 15) is 10.1 Å². The molecule has 1 unspecified atom stereocenters. The van der Waals surface area contributed by atoms with Gasteiger partial charge < -0.3 is 0 Å². The van der Waals surface area contributed by atoms with Crippen molar-refractivity contribution in [2.75, 3.05) is 0 Å². The second-order valence-corrected chi connectivity index (χ2v) is 1.71. The zero-order valence-corrected chi connectivity index (χ0v) is 5.38. The van der Waals surface area contributed by atoms with E-state index in [-0.39, 0.29) is 5.84 Å². The first-order valence-corrected chi connectivity index (χ1v) is 2.56. The molecule has 0 bridgehead atoms. The maximum atomic E-state index is 10.2. The Bertz CT molecular complexity index is 225. The third kappa shape index (κ3) is 1.16. The predicted molar refractivity (Wildman–Crippen MR) is 34.9 cm³/mol. The number of aliphatic imine (C=N–C) groups is 1. The number of oxime groups is 1. The third-order valence-electron chi connectivity index (χ3n) is 1.06. The van der Waals surface area contributed by atoms with Gasteiger partial charge in [-0.1, -0.05) is 0 Å². The number of amidine groups is 1. The molecule has 0 spiro atoms. The third-order valence-corrected chi connectivity index (χ3v) is 1.06. The quantitative estimate of drug-likeness (QED) is 0.222. The van der Waals surface area contributed by atoms with Gasteiger partial charge >= 0.3 is 6.17 Å². The van der Waals surface area contributed by atoms with Gasteiger partial charge in [0.1, 0.15) is 0 Å². The molecule has 1 aliphatic heterocycles. The van der Waals surface area contributed by atoms with Crippen molar-refractivity contribution < 1.29 is 9.86 Å². The highest BCUT2D eigenvalue weighted by molar-refractivity contribution is 5.89. The van der Waals surface area contributed by atoms with Gasteiger partial charge in [-0.2, -0.15) is 0 Å². The second-order valence-electron chi connectivity index (χ2n) is 1.71. The van der Waals surface area contributed by atoms with Gasteiger partial charge in [0, 0.05) is 5.17 Å². The Labute approximate surface area is 61.0 Å². The lowest BCUT2D eigenvalue weighted by Gasteiger charge is -2.05. The summed E-state index contributed by atoms with van der Waals surface area (Å²) in [5.74, 6) is 4.86. The van der Waals surface area contributed by atoms with Crippen molar-refractivity contribution in [3.63, 3.8) is 0 Å². The first-order chi connectivity index (χ1) is 5.16.